The summed E-state index contributed by atoms with van der Waals surface area (Å²) in [4.78, 5) is 25.5. The molecule has 0 bridgehead atoms. The first-order chi connectivity index (χ1) is 9.65. The summed E-state index contributed by atoms with van der Waals surface area (Å²) in [5, 5.41) is 13.1. The Morgan fingerprint density at radius 2 is 2.00 bits per heavy atom. The van der Waals surface area contributed by atoms with Crippen molar-refractivity contribution in [1.82, 2.24) is 4.98 Å². The number of nitro benzene ring substituents is 1. The maximum Gasteiger partial charge on any atom is 0.269 e. The normalized spacial score (nSPS) is 10.4. The third-order valence-electron chi connectivity index (χ3n) is 2.46. The molecule has 0 spiro atoms. The van der Waals surface area contributed by atoms with Gasteiger partial charge in [0.15, 0.2) is 0 Å². The third-order valence-corrected chi connectivity index (χ3v) is 2.46. The summed E-state index contributed by atoms with van der Waals surface area (Å²) in [7, 11) is 0. The molecule has 1 N–H and O–H groups in total. The van der Waals surface area contributed by atoms with E-state index < -0.39 is 4.92 Å². The molecule has 0 saturated carbocycles. The minimum Gasteiger partial charge on any atom is -0.321 e. The van der Waals surface area contributed by atoms with Crippen LogP contribution in [0.4, 0.5) is 11.4 Å². The van der Waals surface area contributed by atoms with E-state index in [-0.39, 0.29) is 11.6 Å². The van der Waals surface area contributed by atoms with E-state index in [1.54, 1.807) is 36.5 Å². The number of non-ortho nitro benzene ring substituents is 1. The van der Waals surface area contributed by atoms with Gasteiger partial charge in [-0.05, 0) is 35.9 Å². The number of anilines is 1. The van der Waals surface area contributed by atoms with Crippen molar-refractivity contribution in [3.63, 3.8) is 0 Å². The largest absolute Gasteiger partial charge is 0.321 e. The first-order valence-electron chi connectivity index (χ1n) is 5.79. The Hall–Kier alpha value is -3.02. The summed E-state index contributed by atoms with van der Waals surface area (Å²) in [5.74, 6) is -0.295. The lowest BCUT2D eigenvalue weighted by Crippen LogP contribution is -2.07. The molecular weight excluding hydrogens is 258 g/mol. The zero-order valence-electron chi connectivity index (χ0n) is 10.4. The molecule has 0 fully saturated rings. The van der Waals surface area contributed by atoms with Crippen LogP contribution in [0.5, 0.6) is 0 Å². The van der Waals surface area contributed by atoms with Crippen LogP contribution >= 0.6 is 0 Å². The van der Waals surface area contributed by atoms with Gasteiger partial charge >= 0.3 is 0 Å². The molecule has 0 atom stereocenters. The minimum atomic E-state index is -0.470. The van der Waals surface area contributed by atoms with Gasteiger partial charge in [-0.25, -0.2) is 0 Å². The van der Waals surface area contributed by atoms with Crippen LogP contribution in [0.3, 0.4) is 0 Å². The van der Waals surface area contributed by atoms with Gasteiger partial charge in [0.1, 0.15) is 0 Å². The van der Waals surface area contributed by atoms with Crippen LogP contribution in [0.15, 0.2) is 54.9 Å². The van der Waals surface area contributed by atoms with Gasteiger partial charge < -0.3 is 5.32 Å². The fourth-order valence-corrected chi connectivity index (χ4v) is 1.50. The lowest BCUT2D eigenvalue weighted by molar-refractivity contribution is -0.384. The number of rotatable bonds is 4. The Kier molecular flexibility index (Phi) is 4.18. The van der Waals surface area contributed by atoms with Crippen molar-refractivity contribution in [3.8, 4) is 0 Å². The van der Waals surface area contributed by atoms with Gasteiger partial charge in [-0.15, -0.1) is 0 Å². The number of aromatic nitrogens is 1. The van der Waals surface area contributed by atoms with E-state index >= 15 is 0 Å². The van der Waals surface area contributed by atoms with Gasteiger partial charge in [0.2, 0.25) is 5.91 Å². The first-order valence-corrected chi connectivity index (χ1v) is 5.79. The lowest BCUT2D eigenvalue weighted by atomic mass is 10.2. The average molecular weight is 269 g/mol. The highest BCUT2D eigenvalue weighted by molar-refractivity contribution is 6.01. The van der Waals surface area contributed by atoms with E-state index in [2.05, 4.69) is 10.3 Å². The van der Waals surface area contributed by atoms with Crippen molar-refractivity contribution in [3.05, 3.63) is 70.5 Å². The first kappa shape index (κ1) is 13.4. The van der Waals surface area contributed by atoms with Crippen molar-refractivity contribution >= 4 is 23.4 Å². The lowest BCUT2D eigenvalue weighted by Gasteiger charge is -2.00. The number of benzene rings is 1. The highest BCUT2D eigenvalue weighted by atomic mass is 16.6. The van der Waals surface area contributed by atoms with Crippen LogP contribution in [0.1, 0.15) is 5.56 Å². The molecule has 0 unspecified atom stereocenters. The number of hydrogen-bond donors (Lipinski definition) is 1. The molecule has 1 aromatic heterocycles. The van der Waals surface area contributed by atoms with Crippen LogP contribution < -0.4 is 5.32 Å². The standard InChI is InChI=1S/C14H11N3O3/c18-14(16-12-2-1-9-15-10-12)8-5-11-3-6-13(7-4-11)17(19)20/h1-10H,(H,16,18). The fraction of sp³-hybridized carbons (Fsp3) is 0. The molecular formula is C14H11N3O3. The van der Waals surface area contributed by atoms with E-state index in [9.17, 15) is 14.9 Å². The molecule has 2 rings (SSSR count). The average Bonchev–Trinajstić information content (AvgIpc) is 2.46. The third kappa shape index (κ3) is 3.74. The highest BCUT2D eigenvalue weighted by Crippen LogP contribution is 2.13. The number of nitrogens with one attached hydrogen (secondary N) is 1. The molecule has 0 saturated heterocycles. The number of carbonyl (C=O) groups is 1. The number of pyridine rings is 1. The predicted octanol–water partition coefficient (Wildman–Crippen LogP) is 2.64. The number of amides is 1. The van der Waals surface area contributed by atoms with Crippen molar-refractivity contribution in [2.24, 2.45) is 0 Å². The fourth-order valence-electron chi connectivity index (χ4n) is 1.50. The van der Waals surface area contributed by atoms with Crippen molar-refractivity contribution < 1.29 is 9.72 Å². The summed E-state index contributed by atoms with van der Waals surface area (Å²) in [6.07, 6.45) is 6.09. The topological polar surface area (TPSA) is 85.1 Å². The molecule has 0 aliphatic rings. The van der Waals surface area contributed by atoms with Gasteiger partial charge in [0.05, 0.1) is 16.8 Å². The Balaban J connectivity index is 1.98. The number of nitrogens with zero attached hydrogens (tertiary/aromatic N) is 2. The Labute approximate surface area is 114 Å². The zero-order valence-corrected chi connectivity index (χ0v) is 10.4. The van der Waals surface area contributed by atoms with Crippen LogP contribution in [0.2, 0.25) is 0 Å². The molecule has 6 heteroatoms. The van der Waals surface area contributed by atoms with Gasteiger partial charge in [0, 0.05) is 24.4 Å². The van der Waals surface area contributed by atoms with Crippen LogP contribution in [0, 0.1) is 10.1 Å². The van der Waals surface area contributed by atoms with Crippen molar-refractivity contribution in [2.75, 3.05) is 5.32 Å². The van der Waals surface area contributed by atoms with E-state index in [0.29, 0.717) is 11.3 Å². The van der Waals surface area contributed by atoms with Crippen LogP contribution in [0.25, 0.3) is 6.08 Å². The summed E-state index contributed by atoms with van der Waals surface area (Å²) < 4.78 is 0. The molecule has 1 aromatic carbocycles. The molecule has 1 heterocycles. The Morgan fingerprint density at radius 1 is 1.25 bits per heavy atom. The second-order valence-electron chi connectivity index (χ2n) is 3.91. The number of hydrogen-bond acceptors (Lipinski definition) is 4. The van der Waals surface area contributed by atoms with E-state index in [1.165, 1.54) is 24.4 Å². The minimum absolute atomic E-state index is 0.0157. The monoisotopic (exact) mass is 269 g/mol. The zero-order chi connectivity index (χ0) is 14.4. The van der Waals surface area contributed by atoms with Gasteiger partial charge in [0.25, 0.3) is 5.69 Å². The van der Waals surface area contributed by atoms with E-state index in [4.69, 9.17) is 0 Å². The van der Waals surface area contributed by atoms with Crippen molar-refractivity contribution in [2.45, 2.75) is 0 Å². The molecule has 0 aliphatic carbocycles. The predicted molar refractivity (Wildman–Crippen MR) is 75.0 cm³/mol. The molecule has 1 amide bonds. The molecule has 0 radical (unpaired) electrons. The highest BCUT2D eigenvalue weighted by Gasteiger charge is 2.02. The number of nitro groups is 1. The van der Waals surface area contributed by atoms with Gasteiger partial charge in [-0.3, -0.25) is 19.9 Å². The second kappa shape index (κ2) is 6.24. The van der Waals surface area contributed by atoms with E-state index in [1.807, 2.05) is 0 Å². The Morgan fingerprint density at radius 3 is 2.60 bits per heavy atom. The van der Waals surface area contributed by atoms with E-state index in [0.717, 1.165) is 0 Å². The Bertz CT molecular complexity index is 636. The smallest absolute Gasteiger partial charge is 0.269 e. The van der Waals surface area contributed by atoms with Gasteiger partial charge in [-0.2, -0.15) is 0 Å². The molecule has 0 aliphatic heterocycles. The van der Waals surface area contributed by atoms with Crippen LogP contribution in [-0.2, 0) is 4.79 Å². The summed E-state index contributed by atoms with van der Waals surface area (Å²) in [5.41, 5.74) is 1.32. The SMILES string of the molecule is O=C(C=Cc1ccc([N+](=O)[O-])cc1)Nc1cccnc1. The molecule has 2 aromatic rings. The quantitative estimate of drug-likeness (QED) is 0.525. The summed E-state index contributed by atoms with van der Waals surface area (Å²) in [6, 6.07) is 9.37. The number of carbonyl (C=O) groups excluding carboxylic acids is 1. The molecule has 100 valence electrons. The van der Waals surface area contributed by atoms with Crippen molar-refractivity contribution in [1.29, 1.82) is 0 Å². The summed E-state index contributed by atoms with van der Waals surface area (Å²) >= 11 is 0. The second-order valence-corrected chi connectivity index (χ2v) is 3.91. The van der Waals surface area contributed by atoms with Crippen LogP contribution in [-0.4, -0.2) is 15.8 Å². The molecule has 20 heavy (non-hydrogen) atoms. The maximum atomic E-state index is 11.6. The molecule has 6 nitrogen and oxygen atoms in total. The van der Waals surface area contributed by atoms with Gasteiger partial charge in [-0.1, -0.05) is 0 Å². The summed E-state index contributed by atoms with van der Waals surface area (Å²) in [6.45, 7) is 0. The maximum absolute atomic E-state index is 11.6.